The number of hydrogen-bond acceptors (Lipinski definition) is 3. The lowest BCUT2D eigenvalue weighted by molar-refractivity contribution is -0.123. The van der Waals surface area contributed by atoms with E-state index in [0.29, 0.717) is 12.1 Å². The lowest BCUT2D eigenvalue weighted by atomic mass is 10.1. The summed E-state index contributed by atoms with van der Waals surface area (Å²) in [5.74, 6) is -0.497. The first-order valence-electron chi connectivity index (χ1n) is 10.5. The van der Waals surface area contributed by atoms with Crippen LogP contribution in [0.4, 0.5) is 4.39 Å². The van der Waals surface area contributed by atoms with E-state index in [1.807, 2.05) is 49.6 Å². The number of aryl methyl sites for hydroxylation is 1. The number of halogens is 1. The van der Waals surface area contributed by atoms with Gasteiger partial charge < -0.3 is 9.88 Å². The molecule has 1 unspecified atom stereocenters. The second-order valence-corrected chi connectivity index (χ2v) is 7.95. The molecule has 1 atom stereocenters. The smallest absolute Gasteiger partial charge is 0.243 e. The number of nitrogens with zero attached hydrogens (tertiary/aromatic N) is 3. The van der Waals surface area contributed by atoms with Crippen LogP contribution in [0.5, 0.6) is 0 Å². The molecule has 0 saturated heterocycles. The molecule has 0 radical (unpaired) electrons. The topological polar surface area (TPSA) is 68.9 Å². The normalized spacial score (nSPS) is 12.2. The van der Waals surface area contributed by atoms with Crippen LogP contribution >= 0.6 is 0 Å². The van der Waals surface area contributed by atoms with Crippen molar-refractivity contribution in [3.63, 3.8) is 0 Å². The van der Waals surface area contributed by atoms with Gasteiger partial charge in [0.25, 0.3) is 0 Å². The first-order valence-corrected chi connectivity index (χ1v) is 10.5. The van der Waals surface area contributed by atoms with Crippen LogP contribution in [0, 0.1) is 19.7 Å². The molecule has 2 aromatic carbocycles. The van der Waals surface area contributed by atoms with Crippen molar-refractivity contribution in [3.05, 3.63) is 83.1 Å². The lowest BCUT2D eigenvalue weighted by Gasteiger charge is -2.15. The predicted octanol–water partition coefficient (Wildman–Crippen LogP) is 4.66. The Morgan fingerprint density at radius 3 is 2.47 bits per heavy atom. The van der Waals surface area contributed by atoms with Gasteiger partial charge >= 0.3 is 0 Å². The highest BCUT2D eigenvalue weighted by Crippen LogP contribution is 2.25. The molecule has 0 aliphatic rings. The van der Waals surface area contributed by atoms with Crippen molar-refractivity contribution >= 4 is 22.6 Å². The Morgan fingerprint density at radius 1 is 1.09 bits per heavy atom. The molecule has 1 N–H and O–H groups in total. The van der Waals surface area contributed by atoms with E-state index in [-0.39, 0.29) is 17.5 Å². The Balaban J connectivity index is 1.55. The molecule has 2 heterocycles. The van der Waals surface area contributed by atoms with Crippen LogP contribution in [0.2, 0.25) is 0 Å². The van der Waals surface area contributed by atoms with Gasteiger partial charge in [0, 0.05) is 40.5 Å². The number of carbonyl (C=O) groups is 2. The zero-order chi connectivity index (χ0) is 23.0. The van der Waals surface area contributed by atoms with Crippen LogP contribution in [0.3, 0.4) is 0 Å². The van der Waals surface area contributed by atoms with Crippen LogP contribution in [-0.4, -0.2) is 26.0 Å². The van der Waals surface area contributed by atoms with Gasteiger partial charge in [0.1, 0.15) is 11.9 Å². The minimum absolute atomic E-state index is 0.0352. The summed E-state index contributed by atoms with van der Waals surface area (Å²) in [4.78, 5) is 25.0. The standard InChI is InChI=1S/C25H25FN4O2/c1-15-22(16(2)30(28-15)20-11-9-19(26)10-12-20)13-27-25(32)17(3)29-14-23(18(4)31)21-7-5-6-8-24(21)29/h5-12,14,17H,13H2,1-4H3,(H,27,32). The van der Waals surface area contributed by atoms with Gasteiger partial charge in [-0.15, -0.1) is 0 Å². The van der Waals surface area contributed by atoms with E-state index in [4.69, 9.17) is 0 Å². The van der Waals surface area contributed by atoms with Crippen LogP contribution in [0.25, 0.3) is 16.6 Å². The highest BCUT2D eigenvalue weighted by atomic mass is 19.1. The Bertz CT molecular complexity index is 1320. The van der Waals surface area contributed by atoms with Crippen LogP contribution < -0.4 is 5.32 Å². The molecular weight excluding hydrogens is 407 g/mol. The second kappa shape index (κ2) is 8.42. The molecule has 4 aromatic rings. The fourth-order valence-electron chi connectivity index (χ4n) is 4.02. The minimum Gasteiger partial charge on any atom is -0.350 e. The molecular formula is C25H25FN4O2. The summed E-state index contributed by atoms with van der Waals surface area (Å²) in [6, 6.07) is 13.2. The number of aromatic nitrogens is 3. The molecule has 6 nitrogen and oxygen atoms in total. The summed E-state index contributed by atoms with van der Waals surface area (Å²) >= 11 is 0. The second-order valence-electron chi connectivity index (χ2n) is 7.95. The number of Topliss-reactive ketones (excluding diaryl/α,β-unsaturated/α-hetero) is 1. The SMILES string of the molecule is CC(=O)c1cn(C(C)C(=O)NCc2c(C)nn(-c3ccc(F)cc3)c2C)c2ccccc12. The van der Waals surface area contributed by atoms with Crippen LogP contribution in [-0.2, 0) is 11.3 Å². The fraction of sp³-hybridized carbons (Fsp3) is 0.240. The highest BCUT2D eigenvalue weighted by Gasteiger charge is 2.21. The maximum atomic E-state index is 13.3. The lowest BCUT2D eigenvalue weighted by Crippen LogP contribution is -2.30. The zero-order valence-electron chi connectivity index (χ0n) is 18.5. The number of rotatable bonds is 6. The third-order valence-corrected chi connectivity index (χ3v) is 5.87. The Kier molecular flexibility index (Phi) is 5.65. The van der Waals surface area contributed by atoms with Gasteiger partial charge in [-0.2, -0.15) is 5.10 Å². The van der Waals surface area contributed by atoms with E-state index >= 15 is 0 Å². The predicted molar refractivity (Wildman–Crippen MR) is 121 cm³/mol. The number of carbonyl (C=O) groups excluding carboxylic acids is 2. The van der Waals surface area contributed by atoms with Crippen molar-refractivity contribution in [2.24, 2.45) is 0 Å². The molecule has 4 rings (SSSR count). The monoisotopic (exact) mass is 432 g/mol. The molecule has 1 amide bonds. The maximum absolute atomic E-state index is 13.3. The van der Waals surface area contributed by atoms with E-state index in [0.717, 1.165) is 33.5 Å². The quantitative estimate of drug-likeness (QED) is 0.451. The van der Waals surface area contributed by atoms with Crippen molar-refractivity contribution in [2.45, 2.75) is 40.3 Å². The van der Waals surface area contributed by atoms with Crippen LogP contribution in [0.1, 0.15) is 47.2 Å². The summed E-state index contributed by atoms with van der Waals surface area (Å²) in [6.45, 7) is 7.47. The fourth-order valence-corrected chi connectivity index (χ4v) is 4.02. The third kappa shape index (κ3) is 3.82. The van der Waals surface area contributed by atoms with E-state index in [2.05, 4.69) is 10.4 Å². The van der Waals surface area contributed by atoms with Crippen LogP contribution in [0.15, 0.2) is 54.7 Å². The average molecular weight is 432 g/mol. The summed E-state index contributed by atoms with van der Waals surface area (Å²) in [5, 5.41) is 8.39. The Labute approximate surface area is 185 Å². The number of nitrogens with one attached hydrogen (secondary N) is 1. The number of amides is 1. The number of hydrogen-bond donors (Lipinski definition) is 1. The highest BCUT2D eigenvalue weighted by molar-refractivity contribution is 6.07. The van der Waals surface area contributed by atoms with Crippen molar-refractivity contribution in [3.8, 4) is 5.69 Å². The molecule has 32 heavy (non-hydrogen) atoms. The molecule has 0 aliphatic carbocycles. The van der Waals surface area contributed by atoms with Crippen molar-refractivity contribution in [1.29, 1.82) is 0 Å². The number of ketones is 1. The van der Waals surface area contributed by atoms with Gasteiger partial charge in [0.05, 0.1) is 11.4 Å². The molecule has 0 aliphatic heterocycles. The first kappa shape index (κ1) is 21.5. The molecule has 0 fully saturated rings. The summed E-state index contributed by atoms with van der Waals surface area (Å²) in [7, 11) is 0. The zero-order valence-corrected chi connectivity index (χ0v) is 18.5. The number of fused-ring (bicyclic) bond motifs is 1. The molecule has 0 saturated carbocycles. The summed E-state index contributed by atoms with van der Waals surface area (Å²) < 4.78 is 16.8. The van der Waals surface area contributed by atoms with Crippen molar-refractivity contribution in [2.75, 3.05) is 0 Å². The molecule has 0 spiro atoms. The molecule has 2 aromatic heterocycles. The minimum atomic E-state index is -0.499. The molecule has 0 bridgehead atoms. The number of benzene rings is 2. The Hall–Kier alpha value is -3.74. The largest absolute Gasteiger partial charge is 0.350 e. The van der Waals surface area contributed by atoms with E-state index < -0.39 is 6.04 Å². The Morgan fingerprint density at radius 2 is 1.78 bits per heavy atom. The van der Waals surface area contributed by atoms with Crippen molar-refractivity contribution < 1.29 is 14.0 Å². The summed E-state index contributed by atoms with van der Waals surface area (Å²) in [6.07, 6.45) is 1.75. The van der Waals surface area contributed by atoms with Gasteiger partial charge in [-0.1, -0.05) is 18.2 Å². The molecule has 164 valence electrons. The van der Waals surface area contributed by atoms with Gasteiger partial charge in [0.2, 0.25) is 5.91 Å². The van der Waals surface area contributed by atoms with E-state index in [1.54, 1.807) is 23.0 Å². The van der Waals surface area contributed by atoms with Gasteiger partial charge in [-0.05, 0) is 58.0 Å². The number of para-hydroxylation sites is 1. The van der Waals surface area contributed by atoms with Gasteiger partial charge in [0.15, 0.2) is 5.78 Å². The van der Waals surface area contributed by atoms with E-state index in [9.17, 15) is 14.0 Å². The van der Waals surface area contributed by atoms with Crippen molar-refractivity contribution in [1.82, 2.24) is 19.7 Å². The van der Waals surface area contributed by atoms with Gasteiger partial charge in [-0.25, -0.2) is 9.07 Å². The average Bonchev–Trinajstić information content (AvgIpc) is 3.30. The first-order chi connectivity index (χ1) is 15.3. The molecule has 7 heteroatoms. The van der Waals surface area contributed by atoms with Gasteiger partial charge in [-0.3, -0.25) is 9.59 Å². The summed E-state index contributed by atoms with van der Waals surface area (Å²) in [5.41, 5.74) is 4.80. The third-order valence-electron chi connectivity index (χ3n) is 5.87. The maximum Gasteiger partial charge on any atom is 0.243 e. The van der Waals surface area contributed by atoms with E-state index in [1.165, 1.54) is 19.1 Å².